The van der Waals surface area contributed by atoms with Crippen molar-refractivity contribution in [3.05, 3.63) is 120 Å². The molecule has 172 valence electrons. The maximum absolute atomic E-state index is 5.83. The number of piperidine rings is 1. The molecule has 1 fully saturated rings. The zero-order valence-corrected chi connectivity index (χ0v) is 19.7. The van der Waals surface area contributed by atoms with Crippen LogP contribution < -0.4 is 5.73 Å². The van der Waals surface area contributed by atoms with E-state index in [0.717, 1.165) is 24.2 Å². The quantitative estimate of drug-likeness (QED) is 0.356. The largest absolute Gasteiger partial charge is 0.384 e. The van der Waals surface area contributed by atoms with Crippen molar-refractivity contribution in [2.75, 3.05) is 25.4 Å². The summed E-state index contributed by atoms with van der Waals surface area (Å²) >= 11 is 0. The Morgan fingerprint density at radius 2 is 1.35 bits per heavy atom. The molecule has 0 atom stereocenters. The molecule has 2 heterocycles. The minimum atomic E-state index is 0.484. The third kappa shape index (κ3) is 5.37. The molecule has 0 spiro atoms. The molecule has 0 saturated carbocycles. The van der Waals surface area contributed by atoms with E-state index in [1.54, 1.807) is 0 Å². The molecule has 0 radical (unpaired) electrons. The fourth-order valence-corrected chi connectivity index (χ4v) is 5.31. The average molecular weight is 448 g/mol. The van der Waals surface area contributed by atoms with Crippen LogP contribution in [-0.4, -0.2) is 29.5 Å². The number of benzene rings is 3. The first kappa shape index (κ1) is 22.4. The lowest BCUT2D eigenvalue weighted by Crippen LogP contribution is -2.37. The molecule has 0 unspecified atom stereocenters. The number of anilines is 1. The van der Waals surface area contributed by atoms with Gasteiger partial charge in [-0.15, -0.1) is 0 Å². The summed E-state index contributed by atoms with van der Waals surface area (Å²) in [6.45, 7) is 3.46. The van der Waals surface area contributed by atoms with E-state index in [4.69, 9.17) is 5.73 Å². The van der Waals surface area contributed by atoms with Crippen LogP contribution in [0.15, 0.2) is 103 Å². The van der Waals surface area contributed by atoms with Gasteiger partial charge in [-0.25, -0.2) is 4.98 Å². The summed E-state index contributed by atoms with van der Waals surface area (Å²) in [6.07, 6.45) is 3.57. The number of hydrogen-bond acceptors (Lipinski definition) is 3. The average Bonchev–Trinajstić information content (AvgIpc) is 2.90. The number of nitrogen functional groups attached to an aromatic ring is 1. The Labute approximate surface area is 203 Å². The molecule has 1 saturated heterocycles. The predicted molar refractivity (Wildman–Crippen MR) is 142 cm³/mol. The van der Waals surface area contributed by atoms with Crippen molar-refractivity contribution in [3.8, 4) is 11.3 Å². The Bertz CT molecular complexity index is 1120. The number of aromatic nitrogens is 1. The molecule has 1 aliphatic heterocycles. The molecule has 0 amide bonds. The van der Waals surface area contributed by atoms with Crippen molar-refractivity contribution >= 4 is 5.82 Å². The first-order chi connectivity index (χ1) is 16.8. The maximum atomic E-state index is 5.83. The topological polar surface area (TPSA) is 42.1 Å². The second kappa shape index (κ2) is 10.7. The Kier molecular flexibility index (Phi) is 7.02. The molecule has 2 N–H and O–H groups in total. The minimum absolute atomic E-state index is 0.484. The summed E-state index contributed by atoms with van der Waals surface area (Å²) in [7, 11) is 0. The zero-order valence-electron chi connectivity index (χ0n) is 19.7. The lowest BCUT2D eigenvalue weighted by molar-refractivity contribution is 0.177. The summed E-state index contributed by atoms with van der Waals surface area (Å²) < 4.78 is 0. The van der Waals surface area contributed by atoms with Crippen LogP contribution in [0.25, 0.3) is 11.3 Å². The minimum Gasteiger partial charge on any atom is -0.384 e. The van der Waals surface area contributed by atoms with Gasteiger partial charge in [-0.1, -0.05) is 91.0 Å². The second-order valence-corrected chi connectivity index (χ2v) is 9.37. The smallest absolute Gasteiger partial charge is 0.124 e. The maximum Gasteiger partial charge on any atom is 0.124 e. The Morgan fingerprint density at radius 1 is 0.735 bits per heavy atom. The van der Waals surface area contributed by atoms with E-state index in [1.165, 1.54) is 42.6 Å². The molecule has 4 aromatic rings. The van der Waals surface area contributed by atoms with E-state index < -0.39 is 0 Å². The van der Waals surface area contributed by atoms with Gasteiger partial charge in [0.2, 0.25) is 0 Å². The number of pyridine rings is 1. The van der Waals surface area contributed by atoms with E-state index in [-0.39, 0.29) is 0 Å². The van der Waals surface area contributed by atoms with Gasteiger partial charge in [0.05, 0.1) is 5.69 Å². The van der Waals surface area contributed by atoms with Gasteiger partial charge >= 0.3 is 0 Å². The van der Waals surface area contributed by atoms with Crippen LogP contribution in [0.3, 0.4) is 0 Å². The highest BCUT2D eigenvalue weighted by molar-refractivity contribution is 5.61. The van der Waals surface area contributed by atoms with Crippen LogP contribution in [0, 0.1) is 5.92 Å². The molecule has 3 aromatic carbocycles. The van der Waals surface area contributed by atoms with Crippen LogP contribution in [-0.2, 0) is 6.42 Å². The van der Waals surface area contributed by atoms with Crippen LogP contribution >= 0.6 is 0 Å². The summed E-state index contributed by atoms with van der Waals surface area (Å²) in [5.41, 5.74) is 12.1. The number of likely N-dealkylation sites (tertiary alicyclic amines) is 1. The van der Waals surface area contributed by atoms with Gasteiger partial charge in [0.15, 0.2) is 0 Å². The fourth-order valence-electron chi connectivity index (χ4n) is 5.31. The third-order valence-corrected chi connectivity index (χ3v) is 7.16. The SMILES string of the molecule is Nc1cccc(-c2ccc(CCN3CCC(C(c4ccccc4)c4ccccc4)CC3)cc2)n1. The molecule has 3 nitrogen and oxygen atoms in total. The van der Waals surface area contributed by atoms with E-state index in [2.05, 4.69) is 94.8 Å². The van der Waals surface area contributed by atoms with Crippen molar-refractivity contribution in [1.82, 2.24) is 9.88 Å². The third-order valence-electron chi connectivity index (χ3n) is 7.16. The summed E-state index contributed by atoms with van der Waals surface area (Å²) in [5.74, 6) is 1.73. The van der Waals surface area contributed by atoms with Crippen LogP contribution in [0.2, 0.25) is 0 Å². The van der Waals surface area contributed by atoms with Gasteiger partial charge in [0.1, 0.15) is 5.82 Å². The molecule has 1 aliphatic rings. The van der Waals surface area contributed by atoms with Gasteiger partial charge in [0.25, 0.3) is 0 Å². The lowest BCUT2D eigenvalue weighted by atomic mass is 9.76. The van der Waals surface area contributed by atoms with Crippen LogP contribution in [0.1, 0.15) is 35.4 Å². The summed E-state index contributed by atoms with van der Waals surface area (Å²) in [5, 5.41) is 0. The van der Waals surface area contributed by atoms with E-state index in [1.807, 2.05) is 18.2 Å². The number of nitrogens with zero attached hydrogens (tertiary/aromatic N) is 2. The molecule has 5 rings (SSSR count). The van der Waals surface area contributed by atoms with Crippen molar-refractivity contribution in [2.24, 2.45) is 5.92 Å². The van der Waals surface area contributed by atoms with E-state index in [0.29, 0.717) is 17.7 Å². The van der Waals surface area contributed by atoms with Crippen molar-refractivity contribution in [3.63, 3.8) is 0 Å². The molecular formula is C31H33N3. The van der Waals surface area contributed by atoms with Gasteiger partial charge < -0.3 is 10.6 Å². The standard InChI is InChI=1S/C31H33N3/c32-30-13-7-12-29(33-30)25-16-14-24(15-17-25)18-21-34-22-19-28(20-23-34)31(26-8-3-1-4-9-26)27-10-5-2-6-11-27/h1-17,28,31H,18-23H2,(H2,32,33). The number of rotatable bonds is 7. The van der Waals surface area contributed by atoms with Crippen LogP contribution in [0.5, 0.6) is 0 Å². The number of hydrogen-bond donors (Lipinski definition) is 1. The molecule has 0 bridgehead atoms. The predicted octanol–water partition coefficient (Wildman–Crippen LogP) is 6.42. The molecule has 3 heteroatoms. The van der Waals surface area contributed by atoms with Crippen molar-refractivity contribution in [2.45, 2.75) is 25.2 Å². The highest BCUT2D eigenvalue weighted by atomic mass is 15.1. The van der Waals surface area contributed by atoms with Gasteiger partial charge in [0, 0.05) is 18.0 Å². The molecule has 34 heavy (non-hydrogen) atoms. The molecule has 0 aliphatic carbocycles. The molecular weight excluding hydrogens is 414 g/mol. The summed E-state index contributed by atoms with van der Waals surface area (Å²) in [6, 6.07) is 36.7. The Hall–Kier alpha value is -3.43. The summed E-state index contributed by atoms with van der Waals surface area (Å²) in [4.78, 5) is 7.06. The highest BCUT2D eigenvalue weighted by Crippen LogP contribution is 2.37. The van der Waals surface area contributed by atoms with Gasteiger partial charge in [-0.2, -0.15) is 0 Å². The second-order valence-electron chi connectivity index (χ2n) is 9.37. The lowest BCUT2D eigenvalue weighted by Gasteiger charge is -2.36. The monoisotopic (exact) mass is 447 g/mol. The fraction of sp³-hybridized carbons (Fsp3) is 0.258. The first-order valence-corrected chi connectivity index (χ1v) is 12.4. The Balaban J connectivity index is 1.18. The first-order valence-electron chi connectivity index (χ1n) is 12.4. The zero-order chi connectivity index (χ0) is 23.2. The van der Waals surface area contributed by atoms with E-state index in [9.17, 15) is 0 Å². The normalized spacial score (nSPS) is 15.0. The Morgan fingerprint density at radius 3 is 1.94 bits per heavy atom. The van der Waals surface area contributed by atoms with Crippen molar-refractivity contribution < 1.29 is 0 Å². The molecule has 1 aromatic heterocycles. The number of nitrogens with two attached hydrogens (primary N) is 1. The van der Waals surface area contributed by atoms with Crippen molar-refractivity contribution in [1.29, 1.82) is 0 Å². The van der Waals surface area contributed by atoms with Gasteiger partial charge in [-0.3, -0.25) is 0 Å². The van der Waals surface area contributed by atoms with Crippen LogP contribution in [0.4, 0.5) is 5.82 Å². The van der Waals surface area contributed by atoms with E-state index >= 15 is 0 Å². The highest BCUT2D eigenvalue weighted by Gasteiger charge is 2.28. The van der Waals surface area contributed by atoms with Gasteiger partial charge in [-0.05, 0) is 67.1 Å².